The summed E-state index contributed by atoms with van der Waals surface area (Å²) in [7, 11) is 0. The lowest BCUT2D eigenvalue weighted by Gasteiger charge is -2.32. The number of carbonyl (C=O) groups is 1. The van der Waals surface area contributed by atoms with E-state index in [-0.39, 0.29) is 49.2 Å². The third kappa shape index (κ3) is 8.37. The minimum absolute atomic E-state index is 0. The maximum Gasteiger partial charge on any atom is 0.221 e. The molecule has 1 aromatic rings. The molecule has 0 radical (unpaired) electrons. The molecule has 0 saturated carbocycles. The van der Waals surface area contributed by atoms with Crippen LogP contribution in [0.2, 0.25) is 0 Å². The summed E-state index contributed by atoms with van der Waals surface area (Å²) >= 11 is 0. The zero-order valence-corrected chi connectivity index (χ0v) is 17.2. The van der Waals surface area contributed by atoms with Gasteiger partial charge in [0.05, 0.1) is 18.9 Å². The highest BCUT2D eigenvalue weighted by Gasteiger charge is 2.23. The van der Waals surface area contributed by atoms with E-state index in [0.29, 0.717) is 19.1 Å². The van der Waals surface area contributed by atoms with Crippen LogP contribution < -0.4 is 10.6 Å². The maximum atomic E-state index is 12.1. The zero-order valence-electron chi connectivity index (χ0n) is 14.8. The molecule has 2 saturated heterocycles. The third-order valence-corrected chi connectivity index (χ3v) is 4.49. The Morgan fingerprint density at radius 1 is 1.27 bits per heavy atom. The Balaban J connectivity index is 0.00000208. The Morgan fingerprint density at radius 2 is 2.04 bits per heavy atom. The predicted molar refractivity (Wildman–Crippen MR) is 110 cm³/mol. The molecule has 0 aliphatic carbocycles. The summed E-state index contributed by atoms with van der Waals surface area (Å²) in [4.78, 5) is 18.9. The number of halogens is 3. The zero-order chi connectivity index (χ0) is 15.9. The van der Waals surface area contributed by atoms with Crippen molar-refractivity contribution in [3.63, 3.8) is 0 Å². The molecule has 1 atom stereocenters. The lowest BCUT2D eigenvalue weighted by Crippen LogP contribution is -2.48. The summed E-state index contributed by atoms with van der Waals surface area (Å²) in [5.74, 6) is 0.135. The molecule has 2 N–H and O–H groups in total. The van der Waals surface area contributed by atoms with Crippen molar-refractivity contribution in [3.8, 4) is 0 Å². The summed E-state index contributed by atoms with van der Waals surface area (Å²) in [6.07, 6.45) is 4.36. The number of likely N-dealkylation sites (tertiary alicyclic amines) is 1. The minimum Gasteiger partial charge on any atom is -0.378 e. The summed E-state index contributed by atoms with van der Waals surface area (Å²) in [5, 5.41) is 6.49. The molecule has 0 spiro atoms. The average Bonchev–Trinajstić information content (AvgIpc) is 2.58. The smallest absolute Gasteiger partial charge is 0.221 e. The molecule has 26 heavy (non-hydrogen) atoms. The fraction of sp³-hybridized carbons (Fsp3) is 0.647. The van der Waals surface area contributed by atoms with Crippen LogP contribution in [0.15, 0.2) is 24.4 Å². The second kappa shape index (κ2) is 13.5. The predicted octanol–water partition coefficient (Wildman–Crippen LogP) is 1.81. The van der Waals surface area contributed by atoms with Crippen LogP contribution in [0, 0.1) is 0 Å². The number of piperidine rings is 1. The Labute approximate surface area is 174 Å². The third-order valence-electron chi connectivity index (χ3n) is 4.49. The number of aromatic nitrogens is 1. The normalized spacial score (nSPS) is 20.8. The molecule has 3 heterocycles. The van der Waals surface area contributed by atoms with Crippen molar-refractivity contribution in [1.29, 1.82) is 0 Å². The molecule has 1 amide bonds. The average molecular weight is 428 g/mol. The van der Waals surface area contributed by atoms with Gasteiger partial charge in [-0.1, -0.05) is 6.07 Å². The molecular formula is C17H29Cl3N4O2. The summed E-state index contributed by atoms with van der Waals surface area (Å²) in [6.45, 7) is 5.12. The molecule has 9 heteroatoms. The van der Waals surface area contributed by atoms with Crippen LogP contribution in [0.5, 0.6) is 0 Å². The van der Waals surface area contributed by atoms with Crippen LogP contribution in [0.1, 0.15) is 25.0 Å². The first kappa shape index (κ1) is 25.4. The molecule has 2 aliphatic heterocycles. The fourth-order valence-corrected chi connectivity index (χ4v) is 3.22. The highest BCUT2D eigenvalue weighted by atomic mass is 35.5. The van der Waals surface area contributed by atoms with E-state index >= 15 is 0 Å². The Bertz CT molecular complexity index is 496. The number of nitrogens with zero attached hydrogens (tertiary/aromatic N) is 2. The number of rotatable bonds is 5. The molecule has 6 nitrogen and oxygen atoms in total. The monoisotopic (exact) mass is 426 g/mol. The van der Waals surface area contributed by atoms with Gasteiger partial charge in [0.25, 0.3) is 0 Å². The van der Waals surface area contributed by atoms with Gasteiger partial charge in [0.1, 0.15) is 0 Å². The molecule has 0 bridgehead atoms. The van der Waals surface area contributed by atoms with Gasteiger partial charge in [-0.15, -0.1) is 37.2 Å². The first-order valence-electron chi connectivity index (χ1n) is 8.52. The largest absolute Gasteiger partial charge is 0.378 e. The summed E-state index contributed by atoms with van der Waals surface area (Å²) in [5.41, 5.74) is 1.11. The summed E-state index contributed by atoms with van der Waals surface area (Å²) in [6, 6.07) is 6.49. The van der Waals surface area contributed by atoms with Gasteiger partial charge in [-0.25, -0.2) is 0 Å². The maximum absolute atomic E-state index is 12.1. The van der Waals surface area contributed by atoms with Crippen LogP contribution in [0.4, 0.5) is 0 Å². The molecule has 150 valence electrons. The van der Waals surface area contributed by atoms with E-state index in [1.165, 1.54) is 0 Å². The molecule has 3 rings (SSSR count). The van der Waals surface area contributed by atoms with Crippen LogP contribution in [-0.4, -0.2) is 60.7 Å². The lowest BCUT2D eigenvalue weighted by molar-refractivity contribution is -0.123. The lowest BCUT2D eigenvalue weighted by atomic mass is 10.0. The highest BCUT2D eigenvalue weighted by molar-refractivity contribution is 5.86. The highest BCUT2D eigenvalue weighted by Crippen LogP contribution is 2.13. The topological polar surface area (TPSA) is 66.5 Å². The fourth-order valence-electron chi connectivity index (χ4n) is 3.22. The van der Waals surface area contributed by atoms with Gasteiger partial charge < -0.3 is 15.4 Å². The van der Waals surface area contributed by atoms with Crippen LogP contribution >= 0.6 is 37.2 Å². The summed E-state index contributed by atoms with van der Waals surface area (Å²) < 4.78 is 5.39. The van der Waals surface area contributed by atoms with Gasteiger partial charge in [-0.2, -0.15) is 0 Å². The molecule has 0 aromatic carbocycles. The number of nitrogens with one attached hydrogen (secondary N) is 2. The van der Waals surface area contributed by atoms with Gasteiger partial charge in [0.2, 0.25) is 5.91 Å². The van der Waals surface area contributed by atoms with E-state index in [0.717, 1.165) is 51.3 Å². The molecule has 1 unspecified atom stereocenters. The van der Waals surface area contributed by atoms with E-state index in [2.05, 4.69) is 26.6 Å². The molecular weight excluding hydrogens is 399 g/mol. The van der Waals surface area contributed by atoms with Crippen molar-refractivity contribution < 1.29 is 9.53 Å². The van der Waals surface area contributed by atoms with E-state index in [4.69, 9.17) is 4.74 Å². The number of morpholine rings is 1. The van der Waals surface area contributed by atoms with Crippen molar-refractivity contribution in [2.75, 3.05) is 32.8 Å². The SMILES string of the molecule is Cl.Cl.Cl.O=C(CC1COCCN1)NC1CCN(Cc2ccccn2)CC1. The molecule has 2 aliphatic rings. The first-order chi connectivity index (χ1) is 11.3. The Hall–Kier alpha value is -0.630. The minimum atomic E-state index is 0. The van der Waals surface area contributed by atoms with Crippen molar-refractivity contribution >= 4 is 43.1 Å². The second-order valence-electron chi connectivity index (χ2n) is 6.37. The van der Waals surface area contributed by atoms with E-state index in [1.807, 2.05) is 18.3 Å². The van der Waals surface area contributed by atoms with Gasteiger partial charge in [0.15, 0.2) is 0 Å². The Morgan fingerprint density at radius 3 is 2.65 bits per heavy atom. The van der Waals surface area contributed by atoms with Crippen molar-refractivity contribution in [3.05, 3.63) is 30.1 Å². The van der Waals surface area contributed by atoms with Crippen LogP contribution in [0.25, 0.3) is 0 Å². The number of amides is 1. The van der Waals surface area contributed by atoms with E-state index < -0.39 is 0 Å². The van der Waals surface area contributed by atoms with Gasteiger partial charge in [-0.05, 0) is 25.0 Å². The van der Waals surface area contributed by atoms with E-state index in [9.17, 15) is 4.79 Å². The number of ether oxygens (including phenoxy) is 1. The quantitative estimate of drug-likeness (QED) is 0.750. The van der Waals surface area contributed by atoms with Crippen LogP contribution in [0.3, 0.4) is 0 Å². The molecule has 2 fully saturated rings. The van der Waals surface area contributed by atoms with Gasteiger partial charge >= 0.3 is 0 Å². The van der Waals surface area contributed by atoms with Crippen LogP contribution in [-0.2, 0) is 16.1 Å². The number of hydrogen-bond acceptors (Lipinski definition) is 5. The Kier molecular flexibility index (Phi) is 13.2. The number of carbonyl (C=O) groups excluding carboxylic acids is 1. The van der Waals surface area contributed by atoms with Gasteiger partial charge in [-0.3, -0.25) is 14.7 Å². The van der Waals surface area contributed by atoms with Crippen molar-refractivity contribution in [1.82, 2.24) is 20.5 Å². The standard InChI is InChI=1S/C17H26N4O2.3ClH/c22-17(11-16-13-23-10-7-19-16)20-14-4-8-21(9-5-14)12-15-3-1-2-6-18-15;;;/h1-3,6,14,16,19H,4-5,7-13H2,(H,20,22);3*1H. The van der Waals surface area contributed by atoms with Crippen molar-refractivity contribution in [2.45, 2.75) is 37.9 Å². The second-order valence-corrected chi connectivity index (χ2v) is 6.37. The first-order valence-corrected chi connectivity index (χ1v) is 8.52. The van der Waals surface area contributed by atoms with E-state index in [1.54, 1.807) is 0 Å². The van der Waals surface area contributed by atoms with Crippen molar-refractivity contribution in [2.24, 2.45) is 0 Å². The number of hydrogen-bond donors (Lipinski definition) is 2. The van der Waals surface area contributed by atoms with Gasteiger partial charge in [0, 0.05) is 50.9 Å². The number of pyridine rings is 1. The molecule has 1 aromatic heterocycles.